The van der Waals surface area contributed by atoms with Gasteiger partial charge in [-0.3, -0.25) is 4.79 Å². The van der Waals surface area contributed by atoms with E-state index in [1.807, 2.05) is 0 Å². The lowest BCUT2D eigenvalue weighted by Gasteiger charge is -2.25. The van der Waals surface area contributed by atoms with E-state index in [0.29, 0.717) is 0 Å². The third kappa shape index (κ3) is 1.37. The van der Waals surface area contributed by atoms with Crippen LogP contribution in [0, 0.1) is 0 Å². The lowest BCUT2D eigenvalue weighted by atomic mass is 10.1. The summed E-state index contributed by atoms with van der Waals surface area (Å²) in [4.78, 5) is 10.1. The molecule has 15 heavy (non-hydrogen) atoms. The molecule has 0 radical (unpaired) electrons. The summed E-state index contributed by atoms with van der Waals surface area (Å²) in [5.41, 5.74) is -4.08. The van der Waals surface area contributed by atoms with E-state index in [1.165, 1.54) is 0 Å². The first-order chi connectivity index (χ1) is 6.44. The van der Waals surface area contributed by atoms with Crippen molar-refractivity contribution < 1.29 is 35.8 Å². The van der Waals surface area contributed by atoms with Gasteiger partial charge in [0.25, 0.3) is 0 Å². The van der Waals surface area contributed by atoms with Gasteiger partial charge in [0.05, 0.1) is 0 Å². The predicted octanol–water partition coefficient (Wildman–Crippen LogP) is 1.92. The first kappa shape index (κ1) is 11.8. The average Bonchev–Trinajstić information content (AvgIpc) is 2.57. The minimum absolute atomic E-state index is 1.75. The number of hydrogen-bond donors (Lipinski definition) is 1. The number of aromatic hydroxyl groups is 1. The maximum absolute atomic E-state index is 12.5. The van der Waals surface area contributed by atoms with Gasteiger partial charge in [-0.05, 0) is 0 Å². The summed E-state index contributed by atoms with van der Waals surface area (Å²) in [6.45, 7) is 0. The van der Waals surface area contributed by atoms with Gasteiger partial charge in [0.1, 0.15) is 5.56 Å². The molecule has 0 saturated heterocycles. The minimum Gasteiger partial charge on any atom is -0.504 e. The molecule has 0 unspecified atom stereocenters. The molecule has 0 bridgehead atoms. The standard InChI is InChI=1S/C6HF7O2/c7-4(8,1-2(14)3(1)15)5(9,10)6(11,12)13/h14H. The highest BCUT2D eigenvalue weighted by molar-refractivity contribution is 5.49. The number of hydrogen-bond acceptors (Lipinski definition) is 2. The molecule has 86 valence electrons. The molecule has 1 rings (SSSR count). The molecule has 1 aromatic rings. The zero-order valence-corrected chi connectivity index (χ0v) is 6.50. The van der Waals surface area contributed by atoms with Crippen LogP contribution in [0.4, 0.5) is 30.7 Å². The molecule has 2 nitrogen and oxygen atoms in total. The van der Waals surface area contributed by atoms with Crippen molar-refractivity contribution in [2.75, 3.05) is 0 Å². The van der Waals surface area contributed by atoms with Gasteiger partial charge in [-0.1, -0.05) is 0 Å². The van der Waals surface area contributed by atoms with E-state index < -0.39 is 34.8 Å². The van der Waals surface area contributed by atoms with Crippen LogP contribution in [0.3, 0.4) is 0 Å². The van der Waals surface area contributed by atoms with E-state index in [4.69, 9.17) is 5.11 Å². The van der Waals surface area contributed by atoms with Crippen LogP contribution >= 0.6 is 0 Å². The summed E-state index contributed by atoms with van der Waals surface area (Å²) >= 11 is 0. The Morgan fingerprint density at radius 2 is 1.27 bits per heavy atom. The van der Waals surface area contributed by atoms with E-state index in [2.05, 4.69) is 0 Å². The molecule has 0 aliphatic rings. The largest absolute Gasteiger partial charge is 0.504 e. The Balaban J connectivity index is 3.18. The van der Waals surface area contributed by atoms with Crippen LogP contribution in [0.5, 0.6) is 5.75 Å². The SMILES string of the molecule is O=c1c(O)c1C(F)(F)C(F)(F)C(F)(F)F. The maximum atomic E-state index is 12.5. The van der Waals surface area contributed by atoms with Crippen molar-refractivity contribution in [3.8, 4) is 5.75 Å². The van der Waals surface area contributed by atoms with Gasteiger partial charge in [0.2, 0.25) is 5.43 Å². The summed E-state index contributed by atoms with van der Waals surface area (Å²) < 4.78 is 83.9. The van der Waals surface area contributed by atoms with E-state index >= 15 is 0 Å². The van der Waals surface area contributed by atoms with Crippen LogP contribution < -0.4 is 5.43 Å². The predicted molar refractivity (Wildman–Crippen MR) is 31.6 cm³/mol. The van der Waals surface area contributed by atoms with Crippen molar-refractivity contribution in [2.45, 2.75) is 18.0 Å². The monoisotopic (exact) mass is 238 g/mol. The van der Waals surface area contributed by atoms with Crippen molar-refractivity contribution in [2.24, 2.45) is 0 Å². The zero-order chi connectivity index (χ0) is 12.2. The average molecular weight is 238 g/mol. The third-order valence-corrected chi connectivity index (χ3v) is 1.68. The van der Waals surface area contributed by atoms with Crippen LogP contribution in [-0.2, 0) is 5.92 Å². The summed E-state index contributed by atoms with van der Waals surface area (Å²) in [6.07, 6.45) is -6.51. The summed E-state index contributed by atoms with van der Waals surface area (Å²) in [7, 11) is 0. The van der Waals surface area contributed by atoms with Crippen LogP contribution in [0.2, 0.25) is 0 Å². The van der Waals surface area contributed by atoms with E-state index in [9.17, 15) is 35.5 Å². The van der Waals surface area contributed by atoms with Gasteiger partial charge in [-0.15, -0.1) is 0 Å². The molecule has 0 amide bonds. The Hall–Kier alpha value is -1.28. The second-order valence-electron chi connectivity index (χ2n) is 2.70. The van der Waals surface area contributed by atoms with Gasteiger partial charge < -0.3 is 5.11 Å². The lowest BCUT2D eigenvalue weighted by molar-refractivity contribution is -0.359. The van der Waals surface area contributed by atoms with Crippen molar-refractivity contribution in [3.05, 3.63) is 15.8 Å². The second kappa shape index (κ2) is 2.64. The summed E-state index contributed by atoms with van der Waals surface area (Å²) in [6, 6.07) is 0. The first-order valence-corrected chi connectivity index (χ1v) is 3.25. The Morgan fingerprint density at radius 1 is 0.933 bits per heavy atom. The van der Waals surface area contributed by atoms with Crippen LogP contribution in [0.15, 0.2) is 4.79 Å². The Bertz CT molecular complexity index is 395. The summed E-state index contributed by atoms with van der Waals surface area (Å²) in [5.74, 6) is -13.9. The second-order valence-corrected chi connectivity index (χ2v) is 2.70. The number of rotatable bonds is 2. The van der Waals surface area contributed by atoms with Crippen LogP contribution in [-0.4, -0.2) is 17.2 Å². The molecule has 0 spiro atoms. The Kier molecular flexibility index (Phi) is 2.08. The number of alkyl halides is 7. The van der Waals surface area contributed by atoms with Crippen molar-refractivity contribution in [3.63, 3.8) is 0 Å². The highest BCUT2D eigenvalue weighted by Gasteiger charge is 2.76. The maximum Gasteiger partial charge on any atom is 0.460 e. The fraction of sp³-hybridized carbons (Fsp3) is 0.500. The van der Waals surface area contributed by atoms with Crippen molar-refractivity contribution >= 4 is 0 Å². The third-order valence-electron chi connectivity index (χ3n) is 1.68. The van der Waals surface area contributed by atoms with Gasteiger partial charge in [0, 0.05) is 0 Å². The Morgan fingerprint density at radius 3 is 1.47 bits per heavy atom. The van der Waals surface area contributed by atoms with Crippen molar-refractivity contribution in [1.82, 2.24) is 0 Å². The fourth-order valence-electron chi connectivity index (χ4n) is 0.787. The molecule has 0 saturated carbocycles. The molecule has 1 aromatic carbocycles. The molecule has 9 heteroatoms. The molecule has 0 aromatic heterocycles. The zero-order valence-electron chi connectivity index (χ0n) is 6.50. The molecular weight excluding hydrogens is 237 g/mol. The van der Waals surface area contributed by atoms with E-state index in [0.717, 1.165) is 0 Å². The molecule has 1 N–H and O–H groups in total. The van der Waals surface area contributed by atoms with E-state index in [-0.39, 0.29) is 0 Å². The normalized spacial score (nSPS) is 14.9. The molecule has 0 aliphatic carbocycles. The molecular formula is C6HF7O2. The topological polar surface area (TPSA) is 37.3 Å². The van der Waals surface area contributed by atoms with Crippen LogP contribution in [0.25, 0.3) is 0 Å². The van der Waals surface area contributed by atoms with Gasteiger partial charge in [-0.2, -0.15) is 30.7 Å². The summed E-state index contributed by atoms with van der Waals surface area (Å²) in [5, 5.41) is 8.21. The van der Waals surface area contributed by atoms with E-state index in [1.54, 1.807) is 0 Å². The smallest absolute Gasteiger partial charge is 0.460 e. The van der Waals surface area contributed by atoms with Crippen LogP contribution in [0.1, 0.15) is 5.56 Å². The highest BCUT2D eigenvalue weighted by Crippen LogP contribution is 2.54. The molecule has 0 heterocycles. The van der Waals surface area contributed by atoms with Gasteiger partial charge in [0.15, 0.2) is 5.75 Å². The molecule has 0 atom stereocenters. The molecule has 0 aliphatic heterocycles. The quantitative estimate of drug-likeness (QED) is 0.799. The van der Waals surface area contributed by atoms with Gasteiger partial charge >= 0.3 is 18.0 Å². The first-order valence-electron chi connectivity index (χ1n) is 3.25. The Labute approximate surface area is 76.6 Å². The van der Waals surface area contributed by atoms with Crippen molar-refractivity contribution in [1.29, 1.82) is 0 Å². The number of halogens is 7. The minimum atomic E-state index is -6.51. The lowest BCUT2D eigenvalue weighted by Crippen LogP contribution is -2.49. The highest BCUT2D eigenvalue weighted by atomic mass is 19.4. The van der Waals surface area contributed by atoms with Gasteiger partial charge in [-0.25, -0.2) is 0 Å². The fourth-order valence-corrected chi connectivity index (χ4v) is 0.787. The molecule has 0 fully saturated rings.